The van der Waals surface area contributed by atoms with E-state index < -0.39 is 0 Å². The summed E-state index contributed by atoms with van der Waals surface area (Å²) in [6.07, 6.45) is 3.67. The summed E-state index contributed by atoms with van der Waals surface area (Å²) >= 11 is 0. The van der Waals surface area contributed by atoms with Crippen LogP contribution in [0.1, 0.15) is 37.8 Å². The van der Waals surface area contributed by atoms with Crippen molar-refractivity contribution in [1.82, 2.24) is 5.32 Å². The molecule has 0 spiro atoms. The van der Waals surface area contributed by atoms with Crippen molar-refractivity contribution in [1.29, 1.82) is 0 Å². The van der Waals surface area contributed by atoms with E-state index in [-0.39, 0.29) is 11.9 Å². The van der Waals surface area contributed by atoms with Gasteiger partial charge in [-0.05, 0) is 38.8 Å². The minimum Gasteiger partial charge on any atom is -0.497 e. The maximum absolute atomic E-state index is 13.9. The first-order chi connectivity index (χ1) is 9.20. The smallest absolute Gasteiger partial charge is 0.131 e. The van der Waals surface area contributed by atoms with Gasteiger partial charge in [0.15, 0.2) is 0 Å². The lowest BCUT2D eigenvalue weighted by molar-refractivity contribution is 0.103. The molecule has 106 valence electrons. The molecule has 0 aromatic heterocycles. The Labute approximate surface area is 114 Å². The highest BCUT2D eigenvalue weighted by molar-refractivity contribution is 5.30. The summed E-state index contributed by atoms with van der Waals surface area (Å²) in [5, 5.41) is 3.34. The summed E-state index contributed by atoms with van der Waals surface area (Å²) < 4.78 is 24.4. The van der Waals surface area contributed by atoms with Crippen LogP contribution in [0.2, 0.25) is 0 Å². The molecule has 2 unspecified atom stereocenters. The third kappa shape index (κ3) is 3.91. The molecule has 2 atom stereocenters. The molecule has 0 aliphatic carbocycles. The van der Waals surface area contributed by atoms with Crippen LogP contribution in [0.25, 0.3) is 0 Å². The highest BCUT2D eigenvalue weighted by atomic mass is 19.1. The first-order valence-corrected chi connectivity index (χ1v) is 6.89. The lowest BCUT2D eigenvalue weighted by Gasteiger charge is -2.17. The van der Waals surface area contributed by atoms with Crippen molar-refractivity contribution in [2.24, 2.45) is 0 Å². The van der Waals surface area contributed by atoms with Gasteiger partial charge in [-0.1, -0.05) is 6.07 Å². The van der Waals surface area contributed by atoms with Crippen molar-refractivity contribution < 1.29 is 13.9 Å². The van der Waals surface area contributed by atoms with Gasteiger partial charge in [-0.2, -0.15) is 0 Å². The molecule has 0 bridgehead atoms. The quantitative estimate of drug-likeness (QED) is 0.859. The summed E-state index contributed by atoms with van der Waals surface area (Å²) in [5.74, 6) is 0.323. The van der Waals surface area contributed by atoms with Gasteiger partial charge in [-0.3, -0.25) is 0 Å². The normalized spacial score (nSPS) is 20.5. The van der Waals surface area contributed by atoms with Crippen LogP contribution in [0.5, 0.6) is 5.75 Å². The first-order valence-electron chi connectivity index (χ1n) is 6.89. The Hall–Kier alpha value is -1.13. The molecule has 1 aliphatic rings. The van der Waals surface area contributed by atoms with E-state index in [0.717, 1.165) is 32.4 Å². The zero-order valence-corrected chi connectivity index (χ0v) is 11.6. The molecule has 1 aromatic rings. The van der Waals surface area contributed by atoms with E-state index in [4.69, 9.17) is 9.47 Å². The van der Waals surface area contributed by atoms with Crippen molar-refractivity contribution >= 4 is 0 Å². The van der Waals surface area contributed by atoms with E-state index in [2.05, 4.69) is 5.32 Å². The van der Waals surface area contributed by atoms with Crippen molar-refractivity contribution in [3.63, 3.8) is 0 Å². The van der Waals surface area contributed by atoms with Crippen LogP contribution in [0.3, 0.4) is 0 Å². The molecule has 19 heavy (non-hydrogen) atoms. The SMILES string of the molecule is COc1ccc(C(C)NCCC2CCCO2)c(F)c1. The summed E-state index contributed by atoms with van der Waals surface area (Å²) in [4.78, 5) is 0. The van der Waals surface area contributed by atoms with Crippen molar-refractivity contribution in [3.8, 4) is 5.75 Å². The Morgan fingerprint density at radius 3 is 3.00 bits per heavy atom. The predicted molar refractivity (Wildman–Crippen MR) is 73.0 cm³/mol. The molecular weight excluding hydrogens is 245 g/mol. The second-order valence-electron chi connectivity index (χ2n) is 4.99. The Morgan fingerprint density at radius 2 is 2.37 bits per heavy atom. The second-order valence-corrected chi connectivity index (χ2v) is 4.99. The minimum absolute atomic E-state index is 0.00712. The molecule has 1 saturated heterocycles. The van der Waals surface area contributed by atoms with Crippen LogP contribution in [-0.2, 0) is 4.74 Å². The maximum atomic E-state index is 13.9. The number of methoxy groups -OCH3 is 1. The van der Waals surface area contributed by atoms with E-state index in [9.17, 15) is 4.39 Å². The number of halogens is 1. The van der Waals surface area contributed by atoms with Gasteiger partial charge < -0.3 is 14.8 Å². The highest BCUT2D eigenvalue weighted by Crippen LogP contribution is 2.22. The molecule has 1 N–H and O–H groups in total. The molecular formula is C15H22FNO2. The van der Waals surface area contributed by atoms with Crippen molar-refractivity contribution in [3.05, 3.63) is 29.6 Å². The molecule has 2 rings (SSSR count). The van der Waals surface area contributed by atoms with Gasteiger partial charge in [0, 0.05) is 24.3 Å². The molecule has 1 aliphatic heterocycles. The Kier molecular flexibility index (Phi) is 5.16. The Bertz CT molecular complexity index is 405. The van der Waals surface area contributed by atoms with Gasteiger partial charge in [0.2, 0.25) is 0 Å². The topological polar surface area (TPSA) is 30.5 Å². The van der Waals surface area contributed by atoms with Crippen molar-refractivity contribution in [2.45, 2.75) is 38.3 Å². The van der Waals surface area contributed by atoms with Crippen LogP contribution in [0, 0.1) is 5.82 Å². The fraction of sp³-hybridized carbons (Fsp3) is 0.600. The van der Waals surface area contributed by atoms with Gasteiger partial charge in [-0.15, -0.1) is 0 Å². The number of rotatable bonds is 6. The summed E-state index contributed by atoms with van der Waals surface area (Å²) in [5.41, 5.74) is 0.674. The van der Waals surface area contributed by atoms with Gasteiger partial charge in [0.1, 0.15) is 11.6 Å². The average Bonchev–Trinajstić information content (AvgIpc) is 2.91. The maximum Gasteiger partial charge on any atom is 0.131 e. The molecule has 1 heterocycles. The van der Waals surface area contributed by atoms with E-state index in [1.807, 2.05) is 6.92 Å². The summed E-state index contributed by atoms with van der Waals surface area (Å²) in [7, 11) is 1.54. The van der Waals surface area contributed by atoms with Gasteiger partial charge in [0.05, 0.1) is 13.2 Å². The summed E-state index contributed by atoms with van der Waals surface area (Å²) in [6.45, 7) is 3.70. The summed E-state index contributed by atoms with van der Waals surface area (Å²) in [6, 6.07) is 4.98. The average molecular weight is 267 g/mol. The van der Waals surface area contributed by atoms with Gasteiger partial charge in [0.25, 0.3) is 0 Å². The Morgan fingerprint density at radius 1 is 1.53 bits per heavy atom. The minimum atomic E-state index is -0.225. The van der Waals surface area contributed by atoms with E-state index in [1.54, 1.807) is 12.1 Å². The zero-order valence-electron chi connectivity index (χ0n) is 11.6. The number of hydrogen-bond donors (Lipinski definition) is 1. The van der Waals surface area contributed by atoms with Gasteiger partial charge >= 0.3 is 0 Å². The lowest BCUT2D eigenvalue weighted by Crippen LogP contribution is -2.24. The molecule has 3 nitrogen and oxygen atoms in total. The third-order valence-electron chi connectivity index (χ3n) is 3.61. The largest absolute Gasteiger partial charge is 0.497 e. The van der Waals surface area contributed by atoms with E-state index in [1.165, 1.54) is 13.2 Å². The monoisotopic (exact) mass is 267 g/mol. The first kappa shape index (κ1) is 14.3. The number of benzene rings is 1. The Balaban J connectivity index is 1.83. The van der Waals surface area contributed by atoms with Crippen LogP contribution < -0.4 is 10.1 Å². The lowest BCUT2D eigenvalue weighted by atomic mass is 10.1. The van der Waals surface area contributed by atoms with Gasteiger partial charge in [-0.25, -0.2) is 4.39 Å². The molecule has 1 aromatic carbocycles. The third-order valence-corrected chi connectivity index (χ3v) is 3.61. The van der Waals surface area contributed by atoms with Crippen molar-refractivity contribution in [2.75, 3.05) is 20.3 Å². The number of hydrogen-bond acceptors (Lipinski definition) is 3. The fourth-order valence-corrected chi connectivity index (χ4v) is 2.43. The molecule has 4 heteroatoms. The van der Waals surface area contributed by atoms with Crippen LogP contribution in [0.4, 0.5) is 4.39 Å². The number of ether oxygens (including phenoxy) is 2. The van der Waals surface area contributed by atoms with Crippen LogP contribution >= 0.6 is 0 Å². The zero-order chi connectivity index (χ0) is 13.7. The highest BCUT2D eigenvalue weighted by Gasteiger charge is 2.16. The molecule has 0 saturated carbocycles. The molecule has 0 radical (unpaired) electrons. The van der Waals surface area contributed by atoms with Crippen LogP contribution in [-0.4, -0.2) is 26.4 Å². The number of nitrogens with one attached hydrogen (secondary N) is 1. The molecule has 1 fully saturated rings. The van der Waals surface area contributed by atoms with E-state index in [0.29, 0.717) is 17.4 Å². The van der Waals surface area contributed by atoms with E-state index >= 15 is 0 Å². The second kappa shape index (κ2) is 6.87. The fourth-order valence-electron chi connectivity index (χ4n) is 2.43. The molecule has 0 amide bonds. The van der Waals surface area contributed by atoms with Crippen LogP contribution in [0.15, 0.2) is 18.2 Å². The standard InChI is InChI=1S/C15H22FNO2/c1-11(17-8-7-12-4-3-9-19-12)14-6-5-13(18-2)10-15(14)16/h5-6,10-12,17H,3-4,7-9H2,1-2H3. The predicted octanol–water partition coefficient (Wildman–Crippen LogP) is 3.05.